The predicted molar refractivity (Wildman–Crippen MR) is 47.4 cm³/mol. The van der Waals surface area contributed by atoms with Gasteiger partial charge in [0.2, 0.25) is 0 Å². The molecule has 0 spiro atoms. The van der Waals surface area contributed by atoms with E-state index in [0.29, 0.717) is 4.88 Å². The molecule has 0 aromatic carbocycles. The molecule has 0 fully saturated rings. The lowest BCUT2D eigenvalue weighted by Gasteiger charge is -2.17. The summed E-state index contributed by atoms with van der Waals surface area (Å²) >= 11 is 1.33. The van der Waals surface area contributed by atoms with E-state index in [1.54, 1.807) is 31.4 Å². The zero-order valence-corrected chi connectivity index (χ0v) is 7.84. The number of rotatable bonds is 2. The van der Waals surface area contributed by atoms with Crippen molar-refractivity contribution in [3.8, 4) is 0 Å². The summed E-state index contributed by atoms with van der Waals surface area (Å²) < 4.78 is 0. The molecule has 1 amide bonds. The van der Waals surface area contributed by atoms with Crippen LogP contribution in [0.2, 0.25) is 0 Å². The van der Waals surface area contributed by atoms with Gasteiger partial charge in [-0.1, -0.05) is 6.07 Å². The second-order valence-corrected chi connectivity index (χ2v) is 3.67. The van der Waals surface area contributed by atoms with Gasteiger partial charge in [-0.05, 0) is 25.3 Å². The molecule has 1 heterocycles. The minimum atomic E-state index is -0.333. The van der Waals surface area contributed by atoms with E-state index in [4.69, 9.17) is 0 Å². The fourth-order valence-electron chi connectivity index (χ4n) is 0.748. The first-order valence-electron chi connectivity index (χ1n) is 3.69. The lowest BCUT2D eigenvalue weighted by atomic mass is 10.3. The van der Waals surface area contributed by atoms with Crippen LogP contribution >= 0.6 is 11.3 Å². The van der Waals surface area contributed by atoms with Crippen molar-refractivity contribution in [2.45, 2.75) is 19.9 Å². The van der Waals surface area contributed by atoms with Crippen LogP contribution in [0.25, 0.3) is 0 Å². The number of hydrogen-bond acceptors (Lipinski definition) is 3. The summed E-state index contributed by atoms with van der Waals surface area (Å²) in [6.07, 6.45) is 0. The summed E-state index contributed by atoms with van der Waals surface area (Å²) in [6.45, 7) is 3.51. The first-order chi connectivity index (χ1) is 5.63. The molecular formula is C8H11NO2S. The maximum atomic E-state index is 11.3. The normalized spacial score (nSPS) is 10.3. The fraction of sp³-hybridized carbons (Fsp3) is 0.375. The second-order valence-electron chi connectivity index (χ2n) is 2.72. The zero-order chi connectivity index (χ0) is 9.14. The first kappa shape index (κ1) is 9.22. The van der Waals surface area contributed by atoms with Crippen LogP contribution < -0.4 is 0 Å². The van der Waals surface area contributed by atoms with Crippen LogP contribution in [-0.4, -0.2) is 22.2 Å². The van der Waals surface area contributed by atoms with E-state index in [-0.39, 0.29) is 11.9 Å². The Morgan fingerprint density at radius 2 is 2.33 bits per heavy atom. The van der Waals surface area contributed by atoms with Gasteiger partial charge in [0.1, 0.15) is 0 Å². The van der Waals surface area contributed by atoms with Crippen LogP contribution in [0, 0.1) is 0 Å². The standard InChI is InChI=1S/C8H11NO2S/c1-6(2)9(11)8(10)7-4-3-5-12-7/h3-6,11H,1-2H3. The quantitative estimate of drug-likeness (QED) is 0.565. The lowest BCUT2D eigenvalue weighted by molar-refractivity contribution is -0.0790. The van der Waals surface area contributed by atoms with Crippen molar-refractivity contribution >= 4 is 17.2 Å². The minimum absolute atomic E-state index is 0.181. The van der Waals surface area contributed by atoms with E-state index in [9.17, 15) is 10.0 Å². The molecule has 0 radical (unpaired) electrons. The molecule has 0 bridgehead atoms. The third-order valence-electron chi connectivity index (χ3n) is 1.43. The van der Waals surface area contributed by atoms with E-state index in [1.807, 2.05) is 0 Å². The molecule has 1 aromatic rings. The van der Waals surface area contributed by atoms with Gasteiger partial charge in [0, 0.05) is 0 Å². The molecule has 1 aromatic heterocycles. The summed E-state index contributed by atoms with van der Waals surface area (Å²) in [4.78, 5) is 11.9. The number of carbonyl (C=O) groups excluding carboxylic acids is 1. The highest BCUT2D eigenvalue weighted by Gasteiger charge is 2.16. The van der Waals surface area contributed by atoms with E-state index >= 15 is 0 Å². The molecule has 66 valence electrons. The highest BCUT2D eigenvalue weighted by molar-refractivity contribution is 7.12. The van der Waals surface area contributed by atoms with E-state index < -0.39 is 0 Å². The number of hydrogen-bond donors (Lipinski definition) is 1. The maximum Gasteiger partial charge on any atom is 0.287 e. The molecule has 0 aliphatic rings. The summed E-state index contributed by atoms with van der Waals surface area (Å²) in [7, 11) is 0. The smallest absolute Gasteiger partial charge is 0.285 e. The molecule has 0 saturated heterocycles. The van der Waals surface area contributed by atoms with Gasteiger partial charge in [0.05, 0.1) is 10.9 Å². The molecule has 0 unspecified atom stereocenters. The van der Waals surface area contributed by atoms with Gasteiger partial charge >= 0.3 is 0 Å². The van der Waals surface area contributed by atoms with E-state index in [0.717, 1.165) is 5.06 Å². The number of amides is 1. The van der Waals surface area contributed by atoms with Crippen molar-refractivity contribution in [2.24, 2.45) is 0 Å². The second kappa shape index (κ2) is 3.69. The molecule has 0 atom stereocenters. The Kier molecular flexibility index (Phi) is 2.83. The van der Waals surface area contributed by atoms with Crippen molar-refractivity contribution < 1.29 is 10.0 Å². The Balaban J connectivity index is 2.72. The van der Waals surface area contributed by atoms with Gasteiger partial charge in [-0.25, -0.2) is 5.06 Å². The van der Waals surface area contributed by atoms with Crippen LogP contribution in [0.5, 0.6) is 0 Å². The van der Waals surface area contributed by atoms with Gasteiger partial charge in [-0.3, -0.25) is 10.0 Å². The summed E-state index contributed by atoms with van der Waals surface area (Å²) in [5, 5.41) is 11.8. The van der Waals surface area contributed by atoms with Gasteiger partial charge in [-0.2, -0.15) is 0 Å². The fourth-order valence-corrected chi connectivity index (χ4v) is 1.40. The Bertz CT molecular complexity index is 256. The van der Waals surface area contributed by atoms with Crippen molar-refractivity contribution in [2.75, 3.05) is 0 Å². The van der Waals surface area contributed by atoms with Crippen molar-refractivity contribution in [1.29, 1.82) is 0 Å². The van der Waals surface area contributed by atoms with Crippen molar-refractivity contribution in [3.63, 3.8) is 0 Å². The van der Waals surface area contributed by atoms with E-state index in [2.05, 4.69) is 0 Å². The van der Waals surface area contributed by atoms with Crippen LogP contribution in [0.1, 0.15) is 23.5 Å². The van der Waals surface area contributed by atoms with Crippen LogP contribution in [0.3, 0.4) is 0 Å². The highest BCUT2D eigenvalue weighted by atomic mass is 32.1. The third-order valence-corrected chi connectivity index (χ3v) is 2.29. The lowest BCUT2D eigenvalue weighted by Crippen LogP contribution is -2.33. The number of carbonyl (C=O) groups is 1. The van der Waals surface area contributed by atoms with Gasteiger partial charge in [0.15, 0.2) is 0 Å². The number of hydroxylamine groups is 2. The molecule has 0 aliphatic carbocycles. The topological polar surface area (TPSA) is 40.5 Å². The molecule has 0 saturated carbocycles. The van der Waals surface area contributed by atoms with Crippen LogP contribution in [0.15, 0.2) is 17.5 Å². The van der Waals surface area contributed by atoms with E-state index in [1.165, 1.54) is 11.3 Å². The molecule has 4 heteroatoms. The largest absolute Gasteiger partial charge is 0.287 e. The minimum Gasteiger partial charge on any atom is -0.285 e. The summed E-state index contributed by atoms with van der Waals surface area (Å²) in [5.74, 6) is -0.333. The average Bonchev–Trinajstić information content (AvgIpc) is 2.53. The maximum absolute atomic E-state index is 11.3. The molecule has 1 rings (SSSR count). The SMILES string of the molecule is CC(C)N(O)C(=O)c1cccs1. The Hall–Kier alpha value is -0.870. The summed E-state index contributed by atoms with van der Waals surface area (Å²) in [6, 6.07) is 3.30. The Labute approximate surface area is 75.2 Å². The number of thiophene rings is 1. The van der Waals surface area contributed by atoms with Crippen molar-refractivity contribution in [1.82, 2.24) is 5.06 Å². The monoisotopic (exact) mass is 185 g/mol. The Morgan fingerprint density at radius 1 is 1.67 bits per heavy atom. The Morgan fingerprint density at radius 3 is 2.75 bits per heavy atom. The molecule has 3 nitrogen and oxygen atoms in total. The average molecular weight is 185 g/mol. The summed E-state index contributed by atoms with van der Waals surface area (Å²) in [5.41, 5.74) is 0. The predicted octanol–water partition coefficient (Wildman–Crippen LogP) is 1.99. The highest BCUT2D eigenvalue weighted by Crippen LogP contribution is 2.12. The van der Waals surface area contributed by atoms with Crippen LogP contribution in [0.4, 0.5) is 0 Å². The molecule has 12 heavy (non-hydrogen) atoms. The van der Waals surface area contributed by atoms with Gasteiger partial charge in [-0.15, -0.1) is 11.3 Å². The first-order valence-corrected chi connectivity index (χ1v) is 4.57. The van der Waals surface area contributed by atoms with Crippen molar-refractivity contribution in [3.05, 3.63) is 22.4 Å². The van der Waals surface area contributed by atoms with Crippen LogP contribution in [-0.2, 0) is 0 Å². The molecule has 0 aliphatic heterocycles. The van der Waals surface area contributed by atoms with Gasteiger partial charge in [0.25, 0.3) is 5.91 Å². The molecule has 1 N–H and O–H groups in total. The molecular weight excluding hydrogens is 174 g/mol. The third kappa shape index (κ3) is 1.84. The van der Waals surface area contributed by atoms with Gasteiger partial charge < -0.3 is 0 Å². The number of nitrogens with zero attached hydrogens (tertiary/aromatic N) is 1. The zero-order valence-electron chi connectivity index (χ0n) is 7.02.